The molecule has 0 saturated heterocycles. The van der Waals surface area contributed by atoms with Crippen LogP contribution in [-0.2, 0) is 0 Å². The number of halogens is 2. The van der Waals surface area contributed by atoms with E-state index in [2.05, 4.69) is 15.5 Å². The van der Waals surface area contributed by atoms with Crippen LogP contribution in [0.4, 0.5) is 11.4 Å². The number of nitro benzene ring substituents is 1. The smallest absolute Gasteiger partial charge is 0.290 e. The summed E-state index contributed by atoms with van der Waals surface area (Å²) in [4.78, 5) is 22.4. The zero-order valence-corrected chi connectivity index (χ0v) is 12.5. The third kappa shape index (κ3) is 2.98. The minimum absolute atomic E-state index is 0.0381. The number of nitrogens with one attached hydrogen (secondary N) is 2. The van der Waals surface area contributed by atoms with E-state index in [0.29, 0.717) is 17.1 Å². The Balaban J connectivity index is 2.38. The average Bonchev–Trinajstić information content (AvgIpc) is 2.73. The molecule has 1 aromatic heterocycles. The maximum atomic E-state index is 12.2. The van der Waals surface area contributed by atoms with Gasteiger partial charge in [-0.15, -0.1) is 0 Å². The van der Waals surface area contributed by atoms with Crippen molar-refractivity contribution in [2.45, 2.75) is 13.8 Å². The number of rotatable bonds is 3. The number of benzene rings is 1. The predicted molar refractivity (Wildman–Crippen MR) is 79.1 cm³/mol. The van der Waals surface area contributed by atoms with Gasteiger partial charge in [-0.2, -0.15) is 5.10 Å². The fourth-order valence-electron chi connectivity index (χ4n) is 1.76. The normalized spacial score (nSPS) is 10.5. The van der Waals surface area contributed by atoms with Gasteiger partial charge >= 0.3 is 0 Å². The van der Waals surface area contributed by atoms with Crippen LogP contribution in [0.2, 0.25) is 10.0 Å². The summed E-state index contributed by atoms with van der Waals surface area (Å²) in [5.41, 5.74) is 1.42. The fraction of sp³-hybridized carbons (Fsp3) is 0.167. The second-order valence-corrected chi connectivity index (χ2v) is 5.10. The molecular formula is C12H10Cl2N4O3. The number of nitro groups is 1. The van der Waals surface area contributed by atoms with Crippen molar-refractivity contribution in [3.8, 4) is 0 Å². The van der Waals surface area contributed by atoms with E-state index in [1.54, 1.807) is 13.8 Å². The third-order valence-corrected chi connectivity index (χ3v) is 3.63. The van der Waals surface area contributed by atoms with Gasteiger partial charge in [-0.1, -0.05) is 23.2 Å². The van der Waals surface area contributed by atoms with Crippen molar-refractivity contribution in [3.05, 3.63) is 49.2 Å². The van der Waals surface area contributed by atoms with Crippen molar-refractivity contribution in [3.63, 3.8) is 0 Å². The van der Waals surface area contributed by atoms with Crippen LogP contribution in [0.5, 0.6) is 0 Å². The molecule has 110 valence electrons. The molecule has 9 heteroatoms. The van der Waals surface area contributed by atoms with E-state index in [1.807, 2.05) is 0 Å². The largest absolute Gasteiger partial charge is 0.319 e. The maximum absolute atomic E-state index is 12.2. The maximum Gasteiger partial charge on any atom is 0.290 e. The van der Waals surface area contributed by atoms with E-state index in [9.17, 15) is 14.9 Å². The van der Waals surface area contributed by atoms with Gasteiger partial charge in [0.1, 0.15) is 5.02 Å². The number of H-pyrrole nitrogens is 1. The topological polar surface area (TPSA) is 101 Å². The lowest BCUT2D eigenvalue weighted by atomic mass is 10.1. The predicted octanol–water partition coefficient (Wildman–Crippen LogP) is 3.49. The van der Waals surface area contributed by atoms with Gasteiger partial charge in [0.2, 0.25) is 0 Å². The summed E-state index contributed by atoms with van der Waals surface area (Å²) in [7, 11) is 0. The van der Waals surface area contributed by atoms with Crippen LogP contribution in [-0.4, -0.2) is 21.0 Å². The van der Waals surface area contributed by atoms with Crippen LogP contribution in [0.3, 0.4) is 0 Å². The summed E-state index contributed by atoms with van der Waals surface area (Å²) < 4.78 is 0. The number of anilines is 1. The Kier molecular flexibility index (Phi) is 4.15. The van der Waals surface area contributed by atoms with E-state index < -0.39 is 16.5 Å². The lowest BCUT2D eigenvalue weighted by Crippen LogP contribution is -2.13. The van der Waals surface area contributed by atoms with Crippen molar-refractivity contribution in [2.24, 2.45) is 0 Å². The molecule has 7 nitrogen and oxygen atoms in total. The van der Waals surface area contributed by atoms with Crippen LogP contribution in [0, 0.1) is 24.0 Å². The Morgan fingerprint density at radius 1 is 1.38 bits per heavy atom. The lowest BCUT2D eigenvalue weighted by molar-refractivity contribution is -0.384. The van der Waals surface area contributed by atoms with Crippen LogP contribution in [0.25, 0.3) is 0 Å². The number of nitrogens with zero attached hydrogens (tertiary/aromatic N) is 2. The molecule has 0 spiro atoms. The summed E-state index contributed by atoms with van der Waals surface area (Å²) in [6.07, 6.45) is 0. The molecule has 1 heterocycles. The van der Waals surface area contributed by atoms with Gasteiger partial charge in [0.25, 0.3) is 11.6 Å². The van der Waals surface area contributed by atoms with Gasteiger partial charge in [-0.3, -0.25) is 20.0 Å². The first kappa shape index (κ1) is 15.3. The Labute approximate surface area is 129 Å². The van der Waals surface area contributed by atoms with E-state index in [4.69, 9.17) is 23.2 Å². The molecule has 1 amide bonds. The molecule has 0 radical (unpaired) electrons. The van der Waals surface area contributed by atoms with Gasteiger partial charge in [-0.25, -0.2) is 0 Å². The Bertz CT molecular complexity index is 723. The molecular weight excluding hydrogens is 319 g/mol. The van der Waals surface area contributed by atoms with Gasteiger partial charge in [0.05, 0.1) is 27.0 Å². The fourth-order valence-corrected chi connectivity index (χ4v) is 2.15. The lowest BCUT2D eigenvalue weighted by Gasteiger charge is -2.07. The first-order valence-corrected chi connectivity index (χ1v) is 6.53. The molecule has 0 aliphatic carbocycles. The van der Waals surface area contributed by atoms with Gasteiger partial charge in [0.15, 0.2) is 0 Å². The molecule has 0 saturated carbocycles. The minimum atomic E-state index is -0.695. The molecule has 1 aromatic carbocycles. The zero-order chi connectivity index (χ0) is 15.7. The van der Waals surface area contributed by atoms with Crippen LogP contribution >= 0.6 is 23.2 Å². The first-order valence-electron chi connectivity index (χ1n) is 5.77. The summed E-state index contributed by atoms with van der Waals surface area (Å²) in [6.45, 7) is 3.46. The van der Waals surface area contributed by atoms with Crippen LogP contribution in [0.1, 0.15) is 21.7 Å². The molecule has 0 fully saturated rings. The standard InChI is InChI=1S/C12H10Cl2N4O3/c1-5-11(6(2)17-16-5)15-12(19)7-3-8(13)10(14)9(4-7)18(20)21/h3-4H,1-2H3,(H,15,19)(H,16,17). The van der Waals surface area contributed by atoms with Crippen LogP contribution in [0.15, 0.2) is 12.1 Å². The van der Waals surface area contributed by atoms with Gasteiger partial charge in [0, 0.05) is 11.6 Å². The summed E-state index contributed by atoms with van der Waals surface area (Å²) in [5.74, 6) is -0.538. The van der Waals surface area contributed by atoms with E-state index in [1.165, 1.54) is 6.07 Å². The van der Waals surface area contributed by atoms with E-state index in [0.717, 1.165) is 6.07 Å². The molecule has 0 aliphatic heterocycles. The number of amides is 1. The highest BCUT2D eigenvalue weighted by molar-refractivity contribution is 6.43. The highest BCUT2D eigenvalue weighted by Gasteiger charge is 2.21. The number of hydrogen-bond donors (Lipinski definition) is 2. The second kappa shape index (κ2) is 5.71. The first-order chi connectivity index (χ1) is 9.81. The zero-order valence-electron chi connectivity index (χ0n) is 11.0. The van der Waals surface area contributed by atoms with Gasteiger partial charge < -0.3 is 5.32 Å². The molecule has 2 rings (SSSR count). The summed E-state index contributed by atoms with van der Waals surface area (Å²) in [6, 6.07) is 2.35. The monoisotopic (exact) mass is 328 g/mol. The minimum Gasteiger partial charge on any atom is -0.319 e. The molecule has 0 bridgehead atoms. The highest BCUT2D eigenvalue weighted by atomic mass is 35.5. The number of hydrogen-bond acceptors (Lipinski definition) is 4. The Morgan fingerprint density at radius 2 is 2.05 bits per heavy atom. The van der Waals surface area contributed by atoms with E-state index >= 15 is 0 Å². The van der Waals surface area contributed by atoms with Crippen molar-refractivity contribution >= 4 is 40.5 Å². The Morgan fingerprint density at radius 3 is 2.57 bits per heavy atom. The molecule has 0 aliphatic rings. The second-order valence-electron chi connectivity index (χ2n) is 4.31. The quantitative estimate of drug-likeness (QED) is 0.665. The summed E-state index contributed by atoms with van der Waals surface area (Å²) in [5, 5.41) is 19.9. The Hall–Kier alpha value is -2.12. The molecule has 0 unspecified atom stereocenters. The molecule has 2 aromatic rings. The number of aryl methyl sites for hydroxylation is 2. The number of carbonyl (C=O) groups excluding carboxylic acids is 1. The average molecular weight is 329 g/mol. The van der Waals surface area contributed by atoms with Crippen molar-refractivity contribution in [1.29, 1.82) is 0 Å². The highest BCUT2D eigenvalue weighted by Crippen LogP contribution is 2.33. The number of aromatic amines is 1. The van der Waals surface area contributed by atoms with Crippen molar-refractivity contribution < 1.29 is 9.72 Å². The molecule has 21 heavy (non-hydrogen) atoms. The number of carbonyl (C=O) groups is 1. The number of aromatic nitrogens is 2. The third-order valence-electron chi connectivity index (χ3n) is 2.83. The van der Waals surface area contributed by atoms with Gasteiger partial charge in [-0.05, 0) is 19.9 Å². The van der Waals surface area contributed by atoms with E-state index in [-0.39, 0.29) is 15.6 Å². The summed E-state index contributed by atoms with van der Waals surface area (Å²) >= 11 is 11.6. The molecule has 2 N–H and O–H groups in total. The van der Waals surface area contributed by atoms with Crippen LogP contribution < -0.4 is 5.32 Å². The van der Waals surface area contributed by atoms with Crippen molar-refractivity contribution in [1.82, 2.24) is 10.2 Å². The van der Waals surface area contributed by atoms with Crippen molar-refractivity contribution in [2.75, 3.05) is 5.32 Å². The SMILES string of the molecule is Cc1n[nH]c(C)c1NC(=O)c1cc(Cl)c(Cl)c([N+](=O)[O-])c1. The molecule has 0 atom stereocenters.